The van der Waals surface area contributed by atoms with Crippen LogP contribution < -0.4 is 10.2 Å². The van der Waals surface area contributed by atoms with Crippen molar-refractivity contribution in [1.82, 2.24) is 9.88 Å². The highest BCUT2D eigenvalue weighted by Crippen LogP contribution is 2.29. The smallest absolute Gasteiger partial charge is 0.272 e. The number of likely N-dealkylation sites (tertiary alicyclic amines) is 1. The maximum absolute atomic E-state index is 14.4. The van der Waals surface area contributed by atoms with Crippen LogP contribution in [0.5, 0.6) is 0 Å². The Morgan fingerprint density at radius 3 is 2.75 bits per heavy atom. The number of nitrogens with one attached hydrogen (secondary N) is 2. The Balaban J connectivity index is 1.34. The number of fused-ring (bicyclic) bond motifs is 1. The second-order valence-corrected chi connectivity index (χ2v) is 8.57. The van der Waals surface area contributed by atoms with Crippen molar-refractivity contribution in [3.8, 4) is 0 Å². The maximum Gasteiger partial charge on any atom is 0.272 e. The van der Waals surface area contributed by atoms with Crippen LogP contribution in [0.25, 0.3) is 10.9 Å². The van der Waals surface area contributed by atoms with Crippen molar-refractivity contribution in [3.63, 3.8) is 0 Å². The molecule has 1 atom stereocenters. The fourth-order valence-corrected chi connectivity index (χ4v) is 4.76. The van der Waals surface area contributed by atoms with Gasteiger partial charge in [-0.2, -0.15) is 0 Å². The summed E-state index contributed by atoms with van der Waals surface area (Å²) in [5.74, 6) is -1.15. The van der Waals surface area contributed by atoms with Crippen molar-refractivity contribution < 1.29 is 18.4 Å². The summed E-state index contributed by atoms with van der Waals surface area (Å²) in [6, 6.07) is 9.03. The van der Waals surface area contributed by atoms with E-state index >= 15 is 0 Å². The molecule has 0 saturated carbocycles. The minimum Gasteiger partial charge on any atom is -0.369 e. The SMILES string of the molecule is Cc1ccc(F)c2cc(C(=O)Nc3cc(F)cc(N4CC[C@@H](N5CCCC5=O)C4)c3)[nH]c12. The Kier molecular flexibility index (Phi) is 5.07. The Morgan fingerprint density at radius 2 is 2.00 bits per heavy atom. The molecule has 2 aliphatic heterocycles. The highest BCUT2D eigenvalue weighted by atomic mass is 19.1. The monoisotopic (exact) mass is 438 g/mol. The second-order valence-electron chi connectivity index (χ2n) is 8.57. The number of rotatable bonds is 4. The molecule has 0 unspecified atom stereocenters. The number of hydrogen-bond donors (Lipinski definition) is 2. The standard InChI is InChI=1S/C24H24F2N4O2/c1-14-4-5-20(26)19-12-21(28-23(14)19)24(32)27-16-9-15(25)10-18(11-16)29-8-6-17(13-29)30-7-2-3-22(30)31/h4-5,9-12,17,28H,2-3,6-8,13H2,1H3,(H,27,32)/t17-/m1/s1. The van der Waals surface area contributed by atoms with Gasteiger partial charge in [0.25, 0.3) is 5.91 Å². The Hall–Kier alpha value is -3.42. The minimum absolute atomic E-state index is 0.135. The number of aromatic amines is 1. The molecule has 0 radical (unpaired) electrons. The van der Waals surface area contributed by atoms with Crippen molar-refractivity contribution in [3.05, 3.63) is 59.3 Å². The Labute approximate surface area is 184 Å². The van der Waals surface area contributed by atoms with Crippen molar-refractivity contribution >= 4 is 34.1 Å². The van der Waals surface area contributed by atoms with Crippen LogP contribution in [0.1, 0.15) is 35.3 Å². The van der Waals surface area contributed by atoms with Crippen LogP contribution in [0.15, 0.2) is 36.4 Å². The third-order valence-corrected chi connectivity index (χ3v) is 6.41. The number of carbonyl (C=O) groups is 2. The third-order valence-electron chi connectivity index (χ3n) is 6.41. The number of carbonyl (C=O) groups excluding carboxylic acids is 2. The van der Waals surface area contributed by atoms with Crippen molar-refractivity contribution in [1.29, 1.82) is 0 Å². The van der Waals surface area contributed by atoms with Gasteiger partial charge in [-0.1, -0.05) is 6.07 Å². The highest BCUT2D eigenvalue weighted by Gasteiger charge is 2.33. The lowest BCUT2D eigenvalue weighted by Crippen LogP contribution is -2.38. The van der Waals surface area contributed by atoms with Crippen molar-refractivity contribution in [2.45, 2.75) is 32.2 Å². The molecule has 2 amide bonds. The number of aryl methyl sites for hydroxylation is 1. The number of aromatic nitrogens is 1. The van der Waals surface area contributed by atoms with Gasteiger partial charge in [-0.05, 0) is 55.7 Å². The summed E-state index contributed by atoms with van der Waals surface area (Å²) in [7, 11) is 0. The number of amides is 2. The van der Waals surface area contributed by atoms with Gasteiger partial charge >= 0.3 is 0 Å². The summed E-state index contributed by atoms with van der Waals surface area (Å²) in [6.07, 6.45) is 2.33. The summed E-state index contributed by atoms with van der Waals surface area (Å²) < 4.78 is 28.5. The topological polar surface area (TPSA) is 68.4 Å². The van der Waals surface area contributed by atoms with Crippen LogP contribution in [0.3, 0.4) is 0 Å². The highest BCUT2D eigenvalue weighted by molar-refractivity contribution is 6.06. The van der Waals surface area contributed by atoms with E-state index in [1.807, 2.05) is 16.7 Å². The molecule has 8 heteroatoms. The summed E-state index contributed by atoms with van der Waals surface area (Å²) in [6.45, 7) is 3.97. The van der Waals surface area contributed by atoms with Crippen LogP contribution in [-0.2, 0) is 4.79 Å². The largest absolute Gasteiger partial charge is 0.369 e. The summed E-state index contributed by atoms with van der Waals surface area (Å²) >= 11 is 0. The lowest BCUT2D eigenvalue weighted by atomic mass is 10.1. The molecule has 0 bridgehead atoms. The molecule has 5 rings (SSSR count). The summed E-state index contributed by atoms with van der Waals surface area (Å²) in [5.41, 5.74) is 2.57. The van der Waals surface area contributed by atoms with E-state index in [0.717, 1.165) is 24.9 Å². The molecule has 0 spiro atoms. The molecule has 2 aromatic carbocycles. The average molecular weight is 438 g/mol. The van der Waals surface area contributed by atoms with E-state index in [1.54, 1.807) is 12.1 Å². The molecule has 6 nitrogen and oxygen atoms in total. The van der Waals surface area contributed by atoms with Gasteiger partial charge in [0.15, 0.2) is 0 Å². The molecule has 166 valence electrons. The zero-order valence-corrected chi connectivity index (χ0v) is 17.8. The number of anilines is 2. The minimum atomic E-state index is -0.474. The number of halogens is 2. The van der Waals surface area contributed by atoms with E-state index in [1.165, 1.54) is 24.3 Å². The molecule has 2 N–H and O–H groups in total. The first kappa shape index (κ1) is 20.5. The van der Waals surface area contributed by atoms with E-state index < -0.39 is 17.5 Å². The zero-order chi connectivity index (χ0) is 22.4. The normalized spacial score (nSPS) is 18.7. The fourth-order valence-electron chi connectivity index (χ4n) is 4.76. The van der Waals surface area contributed by atoms with Crippen LogP contribution >= 0.6 is 0 Å². The van der Waals surface area contributed by atoms with Crippen LogP contribution in [0, 0.1) is 18.6 Å². The first-order valence-electron chi connectivity index (χ1n) is 10.8. The van der Waals surface area contributed by atoms with Crippen LogP contribution in [-0.4, -0.2) is 47.4 Å². The van der Waals surface area contributed by atoms with Gasteiger partial charge in [-0.25, -0.2) is 8.78 Å². The molecule has 32 heavy (non-hydrogen) atoms. The third kappa shape index (κ3) is 3.70. The summed E-state index contributed by atoms with van der Waals surface area (Å²) in [5, 5.41) is 3.05. The Morgan fingerprint density at radius 1 is 1.16 bits per heavy atom. The van der Waals surface area contributed by atoms with E-state index in [-0.39, 0.29) is 17.6 Å². The molecule has 3 heterocycles. The van der Waals surface area contributed by atoms with Crippen LogP contribution in [0.4, 0.5) is 20.2 Å². The van der Waals surface area contributed by atoms with Gasteiger partial charge in [0, 0.05) is 42.8 Å². The molecule has 1 aromatic heterocycles. The summed E-state index contributed by atoms with van der Waals surface area (Å²) in [4.78, 5) is 31.7. The molecule has 2 fully saturated rings. The van der Waals surface area contributed by atoms with E-state index in [0.29, 0.717) is 41.8 Å². The lowest BCUT2D eigenvalue weighted by molar-refractivity contribution is -0.129. The molecular formula is C24H24F2N4O2. The molecular weight excluding hydrogens is 414 g/mol. The molecule has 2 saturated heterocycles. The van der Waals surface area contributed by atoms with Gasteiger partial charge in [0.2, 0.25) is 5.91 Å². The average Bonchev–Trinajstić information content (AvgIpc) is 3.49. The van der Waals surface area contributed by atoms with Crippen molar-refractivity contribution in [2.24, 2.45) is 0 Å². The second kappa shape index (κ2) is 7.93. The molecule has 3 aromatic rings. The first-order valence-corrected chi connectivity index (χ1v) is 10.8. The van der Waals surface area contributed by atoms with Gasteiger partial charge in [0.1, 0.15) is 17.3 Å². The number of H-pyrrole nitrogens is 1. The van der Waals surface area contributed by atoms with Gasteiger partial charge < -0.3 is 20.1 Å². The number of benzene rings is 2. The molecule has 0 aliphatic carbocycles. The van der Waals surface area contributed by atoms with Gasteiger partial charge in [-0.15, -0.1) is 0 Å². The van der Waals surface area contributed by atoms with Gasteiger partial charge in [0.05, 0.1) is 11.6 Å². The quantitative estimate of drug-likeness (QED) is 0.641. The Bertz CT molecular complexity index is 1180. The first-order chi connectivity index (χ1) is 15.4. The molecule has 2 aliphatic rings. The lowest BCUT2D eigenvalue weighted by Gasteiger charge is -2.25. The fraction of sp³-hybridized carbons (Fsp3) is 0.333. The van der Waals surface area contributed by atoms with Crippen LogP contribution in [0.2, 0.25) is 0 Å². The van der Waals surface area contributed by atoms with E-state index in [2.05, 4.69) is 10.3 Å². The number of hydrogen-bond acceptors (Lipinski definition) is 3. The zero-order valence-electron chi connectivity index (χ0n) is 17.8. The predicted octanol–water partition coefficient (Wildman–Crippen LogP) is 4.21. The predicted molar refractivity (Wildman–Crippen MR) is 119 cm³/mol. The maximum atomic E-state index is 14.4. The van der Waals surface area contributed by atoms with E-state index in [4.69, 9.17) is 0 Å². The van der Waals surface area contributed by atoms with Gasteiger partial charge in [-0.3, -0.25) is 9.59 Å². The number of nitrogens with zero attached hydrogens (tertiary/aromatic N) is 2. The van der Waals surface area contributed by atoms with E-state index in [9.17, 15) is 18.4 Å². The van der Waals surface area contributed by atoms with Crippen molar-refractivity contribution in [2.75, 3.05) is 29.9 Å².